The van der Waals surface area contributed by atoms with Gasteiger partial charge in [-0.3, -0.25) is 4.79 Å². The summed E-state index contributed by atoms with van der Waals surface area (Å²) >= 11 is 0. The Kier molecular flexibility index (Phi) is 6.36. The van der Waals surface area contributed by atoms with E-state index in [9.17, 15) is 14.4 Å². The van der Waals surface area contributed by atoms with Crippen LogP contribution in [0, 0.1) is 11.8 Å². The van der Waals surface area contributed by atoms with Gasteiger partial charge in [0.15, 0.2) is 0 Å². The normalized spacial score (nSPS) is 20.6. The molecule has 148 valence electrons. The summed E-state index contributed by atoms with van der Waals surface area (Å²) < 4.78 is 5.69. The molecule has 0 bridgehead atoms. The molecule has 8 nitrogen and oxygen atoms in total. The minimum Gasteiger partial charge on any atom is -0.441 e. The number of rotatable bonds is 6. The maximum Gasteiger partial charge on any atom is 0.410 e. The smallest absolute Gasteiger partial charge is 0.410 e. The van der Waals surface area contributed by atoms with Crippen LogP contribution in [0.5, 0.6) is 0 Å². The van der Waals surface area contributed by atoms with E-state index in [1.165, 1.54) is 0 Å². The lowest BCUT2D eigenvalue weighted by Gasteiger charge is -2.39. The first-order chi connectivity index (χ1) is 12.1. The summed E-state index contributed by atoms with van der Waals surface area (Å²) in [4.78, 5) is 39.6. The van der Waals surface area contributed by atoms with Crippen molar-refractivity contribution in [3.05, 3.63) is 0 Å². The van der Waals surface area contributed by atoms with E-state index in [2.05, 4.69) is 19.2 Å². The number of primary amides is 1. The van der Waals surface area contributed by atoms with Gasteiger partial charge in [0.1, 0.15) is 11.6 Å². The molecular formula is C18H32N4O4. The number of carbonyl (C=O) groups excluding carboxylic acids is 3. The Labute approximate surface area is 155 Å². The highest BCUT2D eigenvalue weighted by Gasteiger charge is 2.47. The van der Waals surface area contributed by atoms with Crippen LogP contribution in [0.2, 0.25) is 0 Å². The van der Waals surface area contributed by atoms with E-state index in [4.69, 9.17) is 10.5 Å². The number of hydrogen-bond donors (Lipinski definition) is 2. The van der Waals surface area contributed by atoms with Crippen molar-refractivity contribution in [2.75, 3.05) is 26.2 Å². The van der Waals surface area contributed by atoms with Crippen LogP contribution in [0.25, 0.3) is 0 Å². The average molecular weight is 368 g/mol. The number of nitrogens with one attached hydrogen (secondary N) is 1. The van der Waals surface area contributed by atoms with Crippen LogP contribution in [0.1, 0.15) is 47.0 Å². The third-order valence-corrected chi connectivity index (χ3v) is 5.23. The van der Waals surface area contributed by atoms with Gasteiger partial charge in [0.2, 0.25) is 5.91 Å². The lowest BCUT2D eigenvalue weighted by molar-refractivity contribution is -0.137. The Morgan fingerprint density at radius 3 is 2.35 bits per heavy atom. The average Bonchev–Trinajstić information content (AvgIpc) is 2.85. The molecule has 2 aliphatic rings. The fourth-order valence-electron chi connectivity index (χ4n) is 3.54. The molecule has 1 atom stereocenters. The second kappa shape index (κ2) is 8.14. The van der Waals surface area contributed by atoms with Gasteiger partial charge >= 0.3 is 12.1 Å². The summed E-state index contributed by atoms with van der Waals surface area (Å²) in [5.74, 6) is 0.348. The van der Waals surface area contributed by atoms with E-state index in [0.29, 0.717) is 44.9 Å². The first-order valence-electron chi connectivity index (χ1n) is 9.46. The molecule has 2 fully saturated rings. The zero-order valence-electron chi connectivity index (χ0n) is 16.3. The minimum atomic E-state index is -0.698. The van der Waals surface area contributed by atoms with Gasteiger partial charge in [-0.25, -0.2) is 9.59 Å². The maximum absolute atomic E-state index is 12.7. The van der Waals surface area contributed by atoms with Crippen LogP contribution in [-0.4, -0.2) is 65.7 Å². The predicted molar refractivity (Wildman–Crippen MR) is 97.4 cm³/mol. The number of nitrogens with zero attached hydrogens (tertiary/aromatic N) is 2. The standard InChI is InChI=1S/C18H32N4O4/c1-12(2)5-8-22-11-18(26-17(22)25)6-9-21(10-7-18)15(23)14(13(3)4)20-16(19)24/h12-14H,5-11H2,1-4H3,(H3,19,20,24)/t14-/m1/s1. The molecule has 0 aromatic heterocycles. The molecule has 26 heavy (non-hydrogen) atoms. The molecule has 0 unspecified atom stereocenters. The van der Waals surface area contributed by atoms with Gasteiger partial charge < -0.3 is 25.6 Å². The Morgan fingerprint density at radius 1 is 1.23 bits per heavy atom. The molecule has 2 rings (SSSR count). The van der Waals surface area contributed by atoms with Crippen molar-refractivity contribution < 1.29 is 19.1 Å². The Morgan fingerprint density at radius 2 is 1.85 bits per heavy atom. The number of nitrogens with two attached hydrogens (primary N) is 1. The van der Waals surface area contributed by atoms with Gasteiger partial charge in [-0.15, -0.1) is 0 Å². The van der Waals surface area contributed by atoms with Crippen molar-refractivity contribution in [3.63, 3.8) is 0 Å². The largest absolute Gasteiger partial charge is 0.441 e. The van der Waals surface area contributed by atoms with E-state index in [0.717, 1.165) is 6.42 Å². The van der Waals surface area contributed by atoms with Gasteiger partial charge in [-0.2, -0.15) is 0 Å². The van der Waals surface area contributed by atoms with Crippen LogP contribution in [0.4, 0.5) is 9.59 Å². The Hall–Kier alpha value is -1.99. The summed E-state index contributed by atoms with van der Waals surface area (Å²) in [6.07, 6.45) is 1.93. The van der Waals surface area contributed by atoms with E-state index in [-0.39, 0.29) is 17.9 Å². The van der Waals surface area contributed by atoms with Gasteiger partial charge in [-0.1, -0.05) is 27.7 Å². The van der Waals surface area contributed by atoms with Crippen LogP contribution in [0.15, 0.2) is 0 Å². The second-order valence-electron chi connectivity index (χ2n) is 8.21. The number of likely N-dealkylation sites (tertiary alicyclic amines) is 1. The molecule has 0 saturated carbocycles. The molecule has 1 spiro atoms. The highest BCUT2D eigenvalue weighted by molar-refractivity contribution is 5.87. The van der Waals surface area contributed by atoms with E-state index >= 15 is 0 Å². The van der Waals surface area contributed by atoms with Gasteiger partial charge in [0.25, 0.3) is 0 Å². The Balaban J connectivity index is 1.93. The van der Waals surface area contributed by atoms with Crippen molar-refractivity contribution in [2.24, 2.45) is 17.6 Å². The third-order valence-electron chi connectivity index (χ3n) is 5.23. The highest BCUT2D eigenvalue weighted by Crippen LogP contribution is 2.33. The van der Waals surface area contributed by atoms with Crippen molar-refractivity contribution in [1.82, 2.24) is 15.1 Å². The molecule has 0 aromatic carbocycles. The number of amides is 4. The quantitative estimate of drug-likeness (QED) is 0.742. The number of ether oxygens (including phenoxy) is 1. The van der Waals surface area contributed by atoms with Crippen molar-refractivity contribution in [1.29, 1.82) is 0 Å². The molecule has 3 N–H and O–H groups in total. The molecule has 2 aliphatic heterocycles. The van der Waals surface area contributed by atoms with Crippen LogP contribution >= 0.6 is 0 Å². The molecule has 2 heterocycles. The molecule has 0 radical (unpaired) electrons. The number of piperidine rings is 1. The summed E-state index contributed by atoms with van der Waals surface area (Å²) in [6.45, 7) is 10.3. The number of urea groups is 1. The molecule has 2 saturated heterocycles. The van der Waals surface area contributed by atoms with E-state index in [1.807, 2.05) is 13.8 Å². The summed E-state index contributed by atoms with van der Waals surface area (Å²) in [5.41, 5.74) is 4.70. The summed E-state index contributed by atoms with van der Waals surface area (Å²) in [5, 5.41) is 2.53. The fourth-order valence-corrected chi connectivity index (χ4v) is 3.54. The van der Waals surface area contributed by atoms with Crippen molar-refractivity contribution >= 4 is 18.0 Å². The predicted octanol–water partition coefficient (Wildman–Crippen LogP) is 1.54. The molecule has 8 heteroatoms. The Bertz CT molecular complexity index is 541. The van der Waals surface area contributed by atoms with Gasteiger partial charge in [0.05, 0.1) is 6.54 Å². The molecule has 4 amide bonds. The lowest BCUT2D eigenvalue weighted by atomic mass is 9.90. The second-order valence-corrected chi connectivity index (χ2v) is 8.21. The van der Waals surface area contributed by atoms with Crippen LogP contribution in [-0.2, 0) is 9.53 Å². The topological polar surface area (TPSA) is 105 Å². The molecular weight excluding hydrogens is 336 g/mol. The van der Waals surface area contributed by atoms with Gasteiger partial charge in [0, 0.05) is 32.5 Å². The van der Waals surface area contributed by atoms with E-state index in [1.54, 1.807) is 9.80 Å². The van der Waals surface area contributed by atoms with Crippen molar-refractivity contribution in [3.8, 4) is 0 Å². The van der Waals surface area contributed by atoms with Crippen LogP contribution < -0.4 is 11.1 Å². The fraction of sp³-hybridized carbons (Fsp3) is 0.833. The zero-order valence-corrected chi connectivity index (χ0v) is 16.3. The molecule has 0 aromatic rings. The third kappa shape index (κ3) is 4.80. The lowest BCUT2D eigenvalue weighted by Crippen LogP contribution is -2.56. The monoisotopic (exact) mass is 368 g/mol. The first-order valence-corrected chi connectivity index (χ1v) is 9.46. The first kappa shape index (κ1) is 20.3. The van der Waals surface area contributed by atoms with Crippen molar-refractivity contribution in [2.45, 2.75) is 58.6 Å². The number of carbonyl (C=O) groups is 3. The minimum absolute atomic E-state index is 0.0540. The van der Waals surface area contributed by atoms with E-state index < -0.39 is 17.7 Å². The SMILES string of the molecule is CC(C)CCN1CC2(CCN(C(=O)[C@H](NC(N)=O)C(C)C)CC2)OC1=O. The zero-order chi connectivity index (χ0) is 19.5. The number of hydrogen-bond acceptors (Lipinski definition) is 4. The maximum atomic E-state index is 12.7. The van der Waals surface area contributed by atoms with Gasteiger partial charge in [-0.05, 0) is 18.3 Å². The highest BCUT2D eigenvalue weighted by atomic mass is 16.6. The summed E-state index contributed by atoms with van der Waals surface area (Å²) in [6, 6.07) is -1.33. The van der Waals surface area contributed by atoms with Crippen LogP contribution in [0.3, 0.4) is 0 Å². The summed E-state index contributed by atoms with van der Waals surface area (Å²) in [7, 11) is 0. The molecule has 0 aliphatic carbocycles.